The summed E-state index contributed by atoms with van der Waals surface area (Å²) < 4.78 is 0. The van der Waals surface area contributed by atoms with Crippen molar-refractivity contribution in [2.24, 2.45) is 0 Å². The Bertz CT molecular complexity index is 279. The Hall–Kier alpha value is -1.02. The molecule has 0 aliphatic carbocycles. The number of hydrogen-bond acceptors (Lipinski definition) is 2. The van der Waals surface area contributed by atoms with Crippen LogP contribution in [0.1, 0.15) is 19.4 Å². The molecule has 0 bridgehead atoms. The van der Waals surface area contributed by atoms with Crippen molar-refractivity contribution < 1.29 is 0 Å². The second-order valence-corrected chi connectivity index (χ2v) is 4.10. The Kier molecular flexibility index (Phi) is 3.96. The van der Waals surface area contributed by atoms with E-state index in [1.54, 1.807) is 0 Å². The molecule has 1 aromatic rings. The van der Waals surface area contributed by atoms with Crippen LogP contribution in [0, 0.1) is 0 Å². The fourth-order valence-electron chi connectivity index (χ4n) is 1.27. The third-order valence-corrected chi connectivity index (χ3v) is 2.14. The van der Waals surface area contributed by atoms with E-state index < -0.39 is 0 Å². The summed E-state index contributed by atoms with van der Waals surface area (Å²) >= 11 is 0. The zero-order chi connectivity index (χ0) is 10.6. The van der Waals surface area contributed by atoms with Crippen molar-refractivity contribution in [3.05, 3.63) is 29.8 Å². The van der Waals surface area contributed by atoms with Crippen molar-refractivity contribution in [3.8, 4) is 0 Å². The fourth-order valence-corrected chi connectivity index (χ4v) is 1.27. The minimum Gasteiger partial charge on any atom is -0.378 e. The van der Waals surface area contributed by atoms with E-state index in [0.29, 0.717) is 6.04 Å². The quantitative estimate of drug-likeness (QED) is 0.787. The first-order valence-corrected chi connectivity index (χ1v) is 5.09. The molecular weight excluding hydrogens is 172 g/mol. The lowest BCUT2D eigenvalue weighted by Gasteiger charge is -2.14. The summed E-state index contributed by atoms with van der Waals surface area (Å²) in [6, 6.07) is 9.14. The Morgan fingerprint density at radius 2 is 2.00 bits per heavy atom. The average molecular weight is 192 g/mol. The van der Waals surface area contributed by atoms with E-state index in [-0.39, 0.29) is 0 Å². The Morgan fingerprint density at radius 3 is 2.57 bits per heavy atom. The van der Waals surface area contributed by atoms with Crippen LogP contribution in [0.2, 0.25) is 0 Å². The van der Waals surface area contributed by atoms with Crippen LogP contribution in [0.25, 0.3) is 0 Å². The molecule has 1 aromatic carbocycles. The SMILES string of the molecule is CC(C)NCc1cccc(N(C)C)c1. The van der Waals surface area contributed by atoms with Gasteiger partial charge in [-0.3, -0.25) is 0 Å². The molecule has 1 N–H and O–H groups in total. The molecule has 0 saturated carbocycles. The standard InChI is InChI=1S/C12H20N2/c1-10(2)13-9-11-6-5-7-12(8-11)14(3)4/h5-8,10,13H,9H2,1-4H3. The molecular formula is C12H20N2. The van der Waals surface area contributed by atoms with Gasteiger partial charge in [0.2, 0.25) is 0 Å². The Labute approximate surface area is 86.9 Å². The first-order chi connectivity index (χ1) is 6.59. The van der Waals surface area contributed by atoms with E-state index in [0.717, 1.165) is 6.54 Å². The minimum atomic E-state index is 0.540. The first kappa shape index (κ1) is 11.1. The molecule has 0 radical (unpaired) electrons. The molecule has 0 aromatic heterocycles. The van der Waals surface area contributed by atoms with Crippen LogP contribution in [-0.4, -0.2) is 20.1 Å². The number of hydrogen-bond donors (Lipinski definition) is 1. The maximum Gasteiger partial charge on any atom is 0.0364 e. The fraction of sp³-hybridized carbons (Fsp3) is 0.500. The maximum absolute atomic E-state index is 3.41. The molecule has 2 heteroatoms. The van der Waals surface area contributed by atoms with Crippen LogP contribution in [-0.2, 0) is 6.54 Å². The van der Waals surface area contributed by atoms with Gasteiger partial charge in [-0.15, -0.1) is 0 Å². The summed E-state index contributed by atoms with van der Waals surface area (Å²) in [6.07, 6.45) is 0. The van der Waals surface area contributed by atoms with Gasteiger partial charge in [-0.1, -0.05) is 26.0 Å². The van der Waals surface area contributed by atoms with Crippen molar-refractivity contribution in [2.75, 3.05) is 19.0 Å². The van der Waals surface area contributed by atoms with E-state index in [2.05, 4.69) is 62.4 Å². The lowest BCUT2D eigenvalue weighted by atomic mass is 10.2. The lowest BCUT2D eigenvalue weighted by molar-refractivity contribution is 0.589. The Balaban J connectivity index is 2.64. The number of nitrogens with one attached hydrogen (secondary N) is 1. The summed E-state index contributed by atoms with van der Waals surface area (Å²) in [7, 11) is 4.13. The highest BCUT2D eigenvalue weighted by molar-refractivity contribution is 5.47. The van der Waals surface area contributed by atoms with Gasteiger partial charge in [0.05, 0.1) is 0 Å². The molecule has 2 nitrogen and oxygen atoms in total. The molecule has 0 amide bonds. The predicted octanol–water partition coefficient (Wildman–Crippen LogP) is 2.25. The Morgan fingerprint density at radius 1 is 1.29 bits per heavy atom. The van der Waals surface area contributed by atoms with Gasteiger partial charge < -0.3 is 10.2 Å². The van der Waals surface area contributed by atoms with Crippen molar-refractivity contribution in [1.29, 1.82) is 0 Å². The first-order valence-electron chi connectivity index (χ1n) is 5.09. The van der Waals surface area contributed by atoms with Crippen LogP contribution in [0.3, 0.4) is 0 Å². The molecule has 78 valence electrons. The highest BCUT2D eigenvalue weighted by atomic mass is 15.1. The van der Waals surface area contributed by atoms with Crippen LogP contribution >= 0.6 is 0 Å². The van der Waals surface area contributed by atoms with Crippen molar-refractivity contribution >= 4 is 5.69 Å². The molecule has 0 fully saturated rings. The zero-order valence-electron chi connectivity index (χ0n) is 9.54. The van der Waals surface area contributed by atoms with Gasteiger partial charge in [0.25, 0.3) is 0 Å². The molecule has 0 atom stereocenters. The summed E-state index contributed by atoms with van der Waals surface area (Å²) in [5, 5.41) is 3.41. The highest BCUT2D eigenvalue weighted by Gasteiger charge is 1.98. The molecule has 0 aliphatic rings. The third kappa shape index (κ3) is 3.38. The van der Waals surface area contributed by atoms with Crippen LogP contribution in [0.5, 0.6) is 0 Å². The van der Waals surface area contributed by atoms with E-state index in [1.807, 2.05) is 0 Å². The summed E-state index contributed by atoms with van der Waals surface area (Å²) in [5.74, 6) is 0. The van der Waals surface area contributed by atoms with Gasteiger partial charge in [0.1, 0.15) is 0 Å². The molecule has 0 heterocycles. The third-order valence-electron chi connectivity index (χ3n) is 2.14. The van der Waals surface area contributed by atoms with Gasteiger partial charge in [0.15, 0.2) is 0 Å². The highest BCUT2D eigenvalue weighted by Crippen LogP contribution is 2.13. The molecule has 0 unspecified atom stereocenters. The van der Waals surface area contributed by atoms with Crippen molar-refractivity contribution in [1.82, 2.24) is 5.32 Å². The summed E-state index contributed by atoms with van der Waals surface area (Å²) in [4.78, 5) is 2.12. The molecule has 14 heavy (non-hydrogen) atoms. The number of anilines is 1. The largest absolute Gasteiger partial charge is 0.378 e. The van der Waals surface area contributed by atoms with Crippen molar-refractivity contribution in [2.45, 2.75) is 26.4 Å². The van der Waals surface area contributed by atoms with E-state index >= 15 is 0 Å². The second-order valence-electron chi connectivity index (χ2n) is 4.10. The topological polar surface area (TPSA) is 15.3 Å². The van der Waals surface area contributed by atoms with Crippen molar-refractivity contribution in [3.63, 3.8) is 0 Å². The molecule has 1 rings (SSSR count). The summed E-state index contributed by atoms with van der Waals surface area (Å²) in [5.41, 5.74) is 2.60. The zero-order valence-corrected chi connectivity index (χ0v) is 9.54. The molecule has 0 spiro atoms. The smallest absolute Gasteiger partial charge is 0.0364 e. The van der Waals surface area contributed by atoms with Crippen LogP contribution in [0.15, 0.2) is 24.3 Å². The van der Waals surface area contributed by atoms with Gasteiger partial charge in [-0.25, -0.2) is 0 Å². The lowest BCUT2D eigenvalue weighted by Crippen LogP contribution is -2.22. The second kappa shape index (κ2) is 5.01. The van der Waals surface area contributed by atoms with Gasteiger partial charge in [-0.05, 0) is 17.7 Å². The van der Waals surface area contributed by atoms with Gasteiger partial charge in [-0.2, -0.15) is 0 Å². The van der Waals surface area contributed by atoms with E-state index in [9.17, 15) is 0 Å². The van der Waals surface area contributed by atoms with Crippen LogP contribution in [0.4, 0.5) is 5.69 Å². The number of rotatable bonds is 4. The number of nitrogens with zero attached hydrogens (tertiary/aromatic N) is 1. The molecule has 0 saturated heterocycles. The van der Waals surface area contributed by atoms with Crippen LogP contribution < -0.4 is 10.2 Å². The number of benzene rings is 1. The normalized spacial score (nSPS) is 10.6. The minimum absolute atomic E-state index is 0.540. The summed E-state index contributed by atoms with van der Waals surface area (Å²) in [6.45, 7) is 5.27. The molecule has 0 aliphatic heterocycles. The van der Waals surface area contributed by atoms with Gasteiger partial charge >= 0.3 is 0 Å². The maximum atomic E-state index is 3.41. The van der Waals surface area contributed by atoms with E-state index in [1.165, 1.54) is 11.3 Å². The monoisotopic (exact) mass is 192 g/mol. The predicted molar refractivity (Wildman–Crippen MR) is 62.7 cm³/mol. The van der Waals surface area contributed by atoms with E-state index in [4.69, 9.17) is 0 Å². The van der Waals surface area contributed by atoms with Gasteiger partial charge in [0, 0.05) is 32.4 Å². The average Bonchev–Trinajstić information content (AvgIpc) is 2.15.